The normalized spacial score (nSPS) is 11.6. The summed E-state index contributed by atoms with van der Waals surface area (Å²) in [4.78, 5) is 45.3. The van der Waals surface area contributed by atoms with E-state index in [2.05, 4.69) is 10.1 Å². The van der Waals surface area contributed by atoms with Crippen LogP contribution in [0.5, 0.6) is 0 Å². The molecular weight excluding hydrogens is 284 g/mol. The standard InChI is InChI=1S/C12H20N2O7/c1-7(2)4-8(11(19)21-3)13-12(20)14(5-9(15)16)6-10(17)18/h7-8H,4-6H2,1-3H3,(H,13,20)(H,15,16)(H,17,18). The van der Waals surface area contributed by atoms with Crippen LogP contribution in [0.4, 0.5) is 4.79 Å². The van der Waals surface area contributed by atoms with Crippen molar-refractivity contribution in [2.45, 2.75) is 26.3 Å². The molecule has 9 nitrogen and oxygen atoms in total. The second-order valence-corrected chi connectivity index (χ2v) is 4.80. The van der Waals surface area contributed by atoms with Crippen molar-refractivity contribution in [1.29, 1.82) is 0 Å². The monoisotopic (exact) mass is 304 g/mol. The number of hydrogen-bond acceptors (Lipinski definition) is 5. The van der Waals surface area contributed by atoms with Crippen LogP contribution in [0, 0.1) is 5.92 Å². The Morgan fingerprint density at radius 1 is 1.10 bits per heavy atom. The minimum absolute atomic E-state index is 0.0711. The zero-order valence-corrected chi connectivity index (χ0v) is 12.2. The molecule has 0 aromatic carbocycles. The van der Waals surface area contributed by atoms with E-state index in [0.717, 1.165) is 7.11 Å². The first-order valence-corrected chi connectivity index (χ1v) is 6.24. The zero-order valence-electron chi connectivity index (χ0n) is 12.2. The Balaban J connectivity index is 4.91. The number of esters is 1. The van der Waals surface area contributed by atoms with Gasteiger partial charge in [0.25, 0.3) is 0 Å². The van der Waals surface area contributed by atoms with Crippen molar-refractivity contribution in [3.05, 3.63) is 0 Å². The minimum Gasteiger partial charge on any atom is -0.480 e. The second-order valence-electron chi connectivity index (χ2n) is 4.80. The minimum atomic E-state index is -1.36. The predicted octanol–water partition coefficient (Wildman–Crippen LogP) is -0.245. The van der Waals surface area contributed by atoms with E-state index in [-0.39, 0.29) is 12.3 Å². The van der Waals surface area contributed by atoms with E-state index >= 15 is 0 Å². The molecule has 0 heterocycles. The number of amides is 2. The quantitative estimate of drug-likeness (QED) is 0.527. The molecule has 0 spiro atoms. The molecule has 0 radical (unpaired) electrons. The number of hydrogen-bond donors (Lipinski definition) is 3. The molecule has 0 saturated heterocycles. The Bertz CT molecular complexity index is 392. The molecule has 0 bridgehead atoms. The third-order valence-corrected chi connectivity index (χ3v) is 2.43. The smallest absolute Gasteiger partial charge is 0.328 e. The highest BCUT2D eigenvalue weighted by molar-refractivity contribution is 5.87. The molecule has 0 rings (SSSR count). The van der Waals surface area contributed by atoms with Gasteiger partial charge in [-0.05, 0) is 12.3 Å². The highest BCUT2D eigenvalue weighted by Crippen LogP contribution is 2.07. The number of carboxylic acid groups (broad SMARTS) is 2. The number of carbonyl (C=O) groups is 4. The number of aliphatic carboxylic acids is 2. The summed E-state index contributed by atoms with van der Waals surface area (Å²) in [6.45, 7) is 2.09. The molecule has 0 fully saturated rings. The summed E-state index contributed by atoms with van der Waals surface area (Å²) in [6.07, 6.45) is 0.284. The van der Waals surface area contributed by atoms with Gasteiger partial charge < -0.3 is 25.2 Å². The Labute approximate surface area is 121 Å². The van der Waals surface area contributed by atoms with E-state index in [1.54, 1.807) is 0 Å². The summed E-state index contributed by atoms with van der Waals surface area (Å²) in [6, 6.07) is -1.91. The van der Waals surface area contributed by atoms with E-state index in [4.69, 9.17) is 10.2 Å². The van der Waals surface area contributed by atoms with Gasteiger partial charge in [-0.1, -0.05) is 13.8 Å². The first-order valence-electron chi connectivity index (χ1n) is 6.24. The van der Waals surface area contributed by atoms with Crippen LogP contribution >= 0.6 is 0 Å². The molecule has 0 aliphatic carbocycles. The van der Waals surface area contributed by atoms with Crippen LogP contribution < -0.4 is 5.32 Å². The SMILES string of the molecule is COC(=O)C(CC(C)C)NC(=O)N(CC(=O)O)CC(=O)O. The maximum Gasteiger partial charge on any atom is 0.328 e. The number of nitrogens with zero attached hydrogens (tertiary/aromatic N) is 1. The van der Waals surface area contributed by atoms with Gasteiger partial charge >= 0.3 is 23.9 Å². The summed E-state index contributed by atoms with van der Waals surface area (Å²) < 4.78 is 4.55. The first-order chi connectivity index (χ1) is 9.67. The summed E-state index contributed by atoms with van der Waals surface area (Å²) in [7, 11) is 1.16. The van der Waals surface area contributed by atoms with Gasteiger partial charge in [0, 0.05) is 0 Å². The van der Waals surface area contributed by atoms with Crippen molar-refractivity contribution in [2.75, 3.05) is 20.2 Å². The van der Waals surface area contributed by atoms with E-state index < -0.39 is 43.1 Å². The number of methoxy groups -OCH3 is 1. The van der Waals surface area contributed by atoms with Crippen LogP contribution in [0.25, 0.3) is 0 Å². The molecule has 0 aromatic heterocycles. The first kappa shape index (κ1) is 18.7. The Morgan fingerprint density at radius 2 is 1.57 bits per heavy atom. The molecule has 0 saturated carbocycles. The van der Waals surface area contributed by atoms with E-state index in [9.17, 15) is 19.2 Å². The lowest BCUT2D eigenvalue weighted by atomic mass is 10.0. The van der Waals surface area contributed by atoms with Crippen LogP contribution in [0.1, 0.15) is 20.3 Å². The van der Waals surface area contributed by atoms with Crippen LogP contribution in [0.2, 0.25) is 0 Å². The average Bonchev–Trinajstić information content (AvgIpc) is 2.34. The maximum atomic E-state index is 11.9. The predicted molar refractivity (Wildman–Crippen MR) is 70.6 cm³/mol. The van der Waals surface area contributed by atoms with Crippen molar-refractivity contribution >= 4 is 23.9 Å². The van der Waals surface area contributed by atoms with Gasteiger partial charge in [-0.2, -0.15) is 0 Å². The maximum absolute atomic E-state index is 11.9. The Morgan fingerprint density at radius 3 is 1.90 bits per heavy atom. The fourth-order valence-corrected chi connectivity index (χ4v) is 1.59. The largest absolute Gasteiger partial charge is 0.480 e. The fraction of sp³-hybridized carbons (Fsp3) is 0.667. The average molecular weight is 304 g/mol. The Kier molecular flexibility index (Phi) is 7.80. The zero-order chi connectivity index (χ0) is 16.6. The number of rotatable bonds is 8. The third kappa shape index (κ3) is 7.75. The summed E-state index contributed by atoms with van der Waals surface area (Å²) in [5.74, 6) is -3.32. The van der Waals surface area contributed by atoms with Gasteiger partial charge in [-0.15, -0.1) is 0 Å². The van der Waals surface area contributed by atoms with Crippen LogP contribution in [0.3, 0.4) is 0 Å². The van der Waals surface area contributed by atoms with Crippen molar-refractivity contribution in [2.24, 2.45) is 5.92 Å². The molecule has 0 aliphatic heterocycles. The lowest BCUT2D eigenvalue weighted by Crippen LogP contribution is -2.51. The molecule has 1 atom stereocenters. The van der Waals surface area contributed by atoms with Gasteiger partial charge in [0.15, 0.2) is 0 Å². The van der Waals surface area contributed by atoms with Crippen LogP contribution in [-0.4, -0.2) is 65.3 Å². The van der Waals surface area contributed by atoms with Crippen molar-refractivity contribution < 1.29 is 34.1 Å². The Hall–Kier alpha value is -2.32. The van der Waals surface area contributed by atoms with Gasteiger partial charge in [0.1, 0.15) is 19.1 Å². The van der Waals surface area contributed by atoms with Crippen molar-refractivity contribution in [3.63, 3.8) is 0 Å². The van der Waals surface area contributed by atoms with Crippen LogP contribution in [0.15, 0.2) is 0 Å². The number of ether oxygens (including phenoxy) is 1. The number of carbonyl (C=O) groups excluding carboxylic acids is 2. The summed E-state index contributed by atoms with van der Waals surface area (Å²) >= 11 is 0. The summed E-state index contributed by atoms with van der Waals surface area (Å²) in [5.41, 5.74) is 0. The highest BCUT2D eigenvalue weighted by Gasteiger charge is 2.27. The highest BCUT2D eigenvalue weighted by atomic mass is 16.5. The van der Waals surface area contributed by atoms with Crippen molar-refractivity contribution in [3.8, 4) is 0 Å². The number of urea groups is 1. The van der Waals surface area contributed by atoms with Crippen LogP contribution in [-0.2, 0) is 19.1 Å². The molecular formula is C12H20N2O7. The molecule has 1 unspecified atom stereocenters. The molecule has 21 heavy (non-hydrogen) atoms. The lowest BCUT2D eigenvalue weighted by Gasteiger charge is -2.23. The van der Waals surface area contributed by atoms with Gasteiger partial charge in [0.05, 0.1) is 7.11 Å². The molecule has 2 amide bonds. The number of nitrogens with one attached hydrogen (secondary N) is 1. The van der Waals surface area contributed by atoms with Crippen molar-refractivity contribution in [1.82, 2.24) is 10.2 Å². The summed E-state index contributed by atoms with van der Waals surface area (Å²) in [5, 5.41) is 19.6. The molecule has 0 aromatic rings. The topological polar surface area (TPSA) is 133 Å². The van der Waals surface area contributed by atoms with E-state index in [1.807, 2.05) is 13.8 Å². The second kappa shape index (κ2) is 8.77. The molecule has 120 valence electrons. The van der Waals surface area contributed by atoms with Gasteiger partial charge in [0.2, 0.25) is 0 Å². The van der Waals surface area contributed by atoms with E-state index in [1.165, 1.54) is 0 Å². The van der Waals surface area contributed by atoms with Gasteiger partial charge in [-0.25, -0.2) is 9.59 Å². The molecule has 3 N–H and O–H groups in total. The lowest BCUT2D eigenvalue weighted by molar-refractivity contribution is -0.143. The van der Waals surface area contributed by atoms with E-state index in [0.29, 0.717) is 4.90 Å². The van der Waals surface area contributed by atoms with Gasteiger partial charge in [-0.3, -0.25) is 9.59 Å². The molecule has 9 heteroatoms. The number of carboxylic acids is 2. The molecule has 0 aliphatic rings. The third-order valence-electron chi connectivity index (χ3n) is 2.43. The fourth-order valence-electron chi connectivity index (χ4n) is 1.59.